The maximum absolute atomic E-state index is 9.34. The van der Waals surface area contributed by atoms with Gasteiger partial charge in [0.15, 0.2) is 11.5 Å². The molecule has 0 aromatic heterocycles. The third-order valence-corrected chi connectivity index (χ3v) is 5.23. The fraction of sp³-hybridized carbons (Fsp3) is 0.0909. The van der Waals surface area contributed by atoms with Crippen molar-refractivity contribution in [3.05, 3.63) is 82.9 Å². The van der Waals surface area contributed by atoms with Crippen LogP contribution in [0.2, 0.25) is 0 Å². The Labute approximate surface area is 180 Å². The van der Waals surface area contributed by atoms with Crippen LogP contribution in [0.4, 0.5) is 0 Å². The van der Waals surface area contributed by atoms with Crippen molar-refractivity contribution in [3.63, 3.8) is 0 Å². The Morgan fingerprint density at radius 1 is 0.643 bits per heavy atom. The molecule has 0 spiro atoms. The number of nitriles is 2. The second kappa shape index (κ2) is 9.41. The maximum Gasteiger partial charge on any atom is 0.171 e. The molecular weight excluding hydrogens is 484 g/mol. The molecule has 28 heavy (non-hydrogen) atoms. The number of benzene rings is 3. The normalized spacial score (nSPS) is 10.0. The van der Waals surface area contributed by atoms with E-state index in [9.17, 15) is 10.5 Å². The van der Waals surface area contributed by atoms with E-state index in [4.69, 9.17) is 9.47 Å². The molecule has 138 valence electrons. The predicted octanol–water partition coefficient (Wildman–Crippen LogP) is 6.80. The standard InChI is InChI=1S/C22H14Br2N2O2/c23-11-15-1-5-19(6-2-15)27-21-9-17(13-25)18(14-26)10-22(21)28-20-7-3-16(12-24)4-8-20/h1-10H,11-12H2. The summed E-state index contributed by atoms with van der Waals surface area (Å²) in [4.78, 5) is 0. The van der Waals surface area contributed by atoms with Crippen LogP contribution in [0.15, 0.2) is 60.7 Å². The molecule has 0 aliphatic rings. The zero-order chi connectivity index (χ0) is 19.9. The van der Waals surface area contributed by atoms with Crippen LogP contribution < -0.4 is 9.47 Å². The highest BCUT2D eigenvalue weighted by Gasteiger charge is 2.14. The van der Waals surface area contributed by atoms with E-state index in [1.807, 2.05) is 60.7 Å². The van der Waals surface area contributed by atoms with Crippen molar-refractivity contribution >= 4 is 31.9 Å². The zero-order valence-corrected chi connectivity index (χ0v) is 17.8. The highest BCUT2D eigenvalue weighted by atomic mass is 79.9. The van der Waals surface area contributed by atoms with E-state index in [0.717, 1.165) is 21.8 Å². The number of ether oxygens (including phenoxy) is 2. The van der Waals surface area contributed by atoms with Crippen LogP contribution in [0.5, 0.6) is 23.0 Å². The lowest BCUT2D eigenvalue weighted by Gasteiger charge is -2.14. The summed E-state index contributed by atoms with van der Waals surface area (Å²) in [7, 11) is 0. The van der Waals surface area contributed by atoms with E-state index >= 15 is 0 Å². The van der Waals surface area contributed by atoms with E-state index in [0.29, 0.717) is 23.0 Å². The first-order valence-electron chi connectivity index (χ1n) is 8.30. The largest absolute Gasteiger partial charge is 0.453 e. The first-order chi connectivity index (χ1) is 13.7. The smallest absolute Gasteiger partial charge is 0.171 e. The quantitative estimate of drug-likeness (QED) is 0.351. The molecule has 0 fully saturated rings. The van der Waals surface area contributed by atoms with Crippen LogP contribution in [-0.2, 0) is 10.7 Å². The predicted molar refractivity (Wildman–Crippen MR) is 114 cm³/mol. The molecule has 0 atom stereocenters. The van der Waals surface area contributed by atoms with Gasteiger partial charge in [-0.05, 0) is 35.4 Å². The van der Waals surface area contributed by atoms with Gasteiger partial charge in [0.05, 0.1) is 11.1 Å². The molecule has 0 heterocycles. The van der Waals surface area contributed by atoms with Crippen molar-refractivity contribution in [2.24, 2.45) is 0 Å². The lowest BCUT2D eigenvalue weighted by molar-refractivity contribution is 0.418. The van der Waals surface area contributed by atoms with Crippen LogP contribution in [-0.4, -0.2) is 0 Å². The number of hydrogen-bond donors (Lipinski definition) is 0. The Bertz CT molecular complexity index is 964. The van der Waals surface area contributed by atoms with Crippen LogP contribution >= 0.6 is 31.9 Å². The maximum atomic E-state index is 9.34. The van der Waals surface area contributed by atoms with Gasteiger partial charge < -0.3 is 9.47 Å². The van der Waals surface area contributed by atoms with Crippen molar-refractivity contribution in [2.45, 2.75) is 10.7 Å². The first-order valence-corrected chi connectivity index (χ1v) is 10.5. The molecule has 0 aliphatic carbocycles. The van der Waals surface area contributed by atoms with Crippen molar-refractivity contribution in [1.82, 2.24) is 0 Å². The van der Waals surface area contributed by atoms with Gasteiger partial charge in [-0.1, -0.05) is 56.1 Å². The Kier molecular flexibility index (Phi) is 6.71. The van der Waals surface area contributed by atoms with Crippen molar-refractivity contribution in [1.29, 1.82) is 10.5 Å². The third kappa shape index (κ3) is 4.72. The lowest BCUT2D eigenvalue weighted by atomic mass is 10.1. The van der Waals surface area contributed by atoms with Gasteiger partial charge in [-0.25, -0.2) is 0 Å². The van der Waals surface area contributed by atoms with E-state index in [-0.39, 0.29) is 11.1 Å². The SMILES string of the molecule is N#Cc1cc(Oc2ccc(CBr)cc2)c(Oc2ccc(CBr)cc2)cc1C#N. The average Bonchev–Trinajstić information content (AvgIpc) is 2.75. The van der Waals surface area contributed by atoms with Gasteiger partial charge >= 0.3 is 0 Å². The van der Waals surface area contributed by atoms with Crippen LogP contribution in [0, 0.1) is 22.7 Å². The molecule has 0 saturated carbocycles. The topological polar surface area (TPSA) is 66.0 Å². The second-order valence-electron chi connectivity index (χ2n) is 5.83. The highest BCUT2D eigenvalue weighted by Crippen LogP contribution is 2.37. The summed E-state index contributed by atoms with van der Waals surface area (Å²) in [6, 6.07) is 22.3. The molecule has 0 saturated heterocycles. The van der Waals surface area contributed by atoms with Gasteiger partial charge in [0.1, 0.15) is 23.6 Å². The highest BCUT2D eigenvalue weighted by molar-refractivity contribution is 9.08. The second-order valence-corrected chi connectivity index (χ2v) is 6.95. The lowest BCUT2D eigenvalue weighted by Crippen LogP contribution is -1.95. The van der Waals surface area contributed by atoms with Gasteiger partial charge in [0.25, 0.3) is 0 Å². The van der Waals surface area contributed by atoms with Crippen molar-refractivity contribution < 1.29 is 9.47 Å². The Hall–Kier alpha value is -2.80. The number of alkyl halides is 2. The van der Waals surface area contributed by atoms with Crippen LogP contribution in [0.25, 0.3) is 0 Å². The molecule has 0 bridgehead atoms. The molecule has 0 aliphatic heterocycles. The number of halogens is 2. The summed E-state index contributed by atoms with van der Waals surface area (Å²) in [6.45, 7) is 0. The number of hydrogen-bond acceptors (Lipinski definition) is 4. The summed E-state index contributed by atoms with van der Waals surface area (Å²) >= 11 is 6.82. The van der Waals surface area contributed by atoms with Gasteiger partial charge in [-0.15, -0.1) is 0 Å². The van der Waals surface area contributed by atoms with Gasteiger partial charge in [-0.3, -0.25) is 0 Å². The van der Waals surface area contributed by atoms with Crippen molar-refractivity contribution in [2.75, 3.05) is 0 Å². The Balaban J connectivity index is 1.98. The summed E-state index contributed by atoms with van der Waals surface area (Å²) in [5.41, 5.74) is 2.70. The third-order valence-electron chi connectivity index (χ3n) is 3.94. The molecule has 3 aromatic carbocycles. The molecule has 3 aromatic rings. The molecule has 0 unspecified atom stereocenters. The van der Waals surface area contributed by atoms with Crippen molar-refractivity contribution in [3.8, 4) is 35.1 Å². The summed E-state index contributed by atoms with van der Waals surface area (Å²) < 4.78 is 11.9. The van der Waals surface area contributed by atoms with Gasteiger partial charge in [0.2, 0.25) is 0 Å². The molecule has 6 heteroatoms. The number of nitrogens with zero attached hydrogens (tertiary/aromatic N) is 2. The summed E-state index contributed by atoms with van der Waals surface area (Å²) in [5.74, 6) is 1.95. The monoisotopic (exact) mass is 496 g/mol. The van der Waals surface area contributed by atoms with Gasteiger partial charge in [-0.2, -0.15) is 10.5 Å². The van der Waals surface area contributed by atoms with Crippen LogP contribution in [0.1, 0.15) is 22.3 Å². The first kappa shape index (κ1) is 19.9. The van der Waals surface area contributed by atoms with E-state index in [1.165, 1.54) is 12.1 Å². The summed E-state index contributed by atoms with van der Waals surface area (Å²) in [5, 5.41) is 20.2. The minimum atomic E-state index is 0.233. The molecule has 4 nitrogen and oxygen atoms in total. The fourth-order valence-corrected chi connectivity index (χ4v) is 3.20. The Morgan fingerprint density at radius 3 is 1.29 bits per heavy atom. The van der Waals surface area contributed by atoms with Crippen LogP contribution in [0.3, 0.4) is 0 Å². The molecular formula is C22H14Br2N2O2. The van der Waals surface area contributed by atoms with E-state index in [2.05, 4.69) is 31.9 Å². The molecule has 0 N–H and O–H groups in total. The fourth-order valence-electron chi connectivity index (χ4n) is 2.45. The molecule has 0 amide bonds. The molecule has 3 rings (SSSR count). The number of rotatable bonds is 6. The zero-order valence-electron chi connectivity index (χ0n) is 14.7. The minimum Gasteiger partial charge on any atom is -0.453 e. The van der Waals surface area contributed by atoms with E-state index in [1.54, 1.807) is 0 Å². The molecule has 0 radical (unpaired) electrons. The van der Waals surface area contributed by atoms with Gasteiger partial charge in [0, 0.05) is 22.8 Å². The Morgan fingerprint density at radius 2 is 1.00 bits per heavy atom. The van der Waals surface area contributed by atoms with E-state index < -0.39 is 0 Å². The summed E-state index contributed by atoms with van der Waals surface area (Å²) in [6.07, 6.45) is 0. The average molecular weight is 498 g/mol. The minimum absolute atomic E-state index is 0.233.